The van der Waals surface area contributed by atoms with Crippen molar-refractivity contribution in [2.24, 2.45) is 0 Å². The minimum absolute atomic E-state index is 0.627. The molecule has 1 unspecified atom stereocenters. The van der Waals surface area contributed by atoms with Crippen molar-refractivity contribution < 1.29 is 0 Å². The van der Waals surface area contributed by atoms with Gasteiger partial charge in [0.2, 0.25) is 0 Å². The summed E-state index contributed by atoms with van der Waals surface area (Å²) in [5, 5.41) is 8.19. The highest BCUT2D eigenvalue weighted by atomic mass is 15.1. The Bertz CT molecular complexity index is 277. The zero-order valence-corrected chi connectivity index (χ0v) is 8.03. The standard InChI is InChI=1S/C11H15N2/c1-9-7-8-12-13-11(9)10-5-3-2-4-6-10/h3,7-8,10H,2,4-6H2,1H3. The molecule has 1 saturated carbocycles. The molecule has 1 aromatic heterocycles. The van der Waals surface area contributed by atoms with Crippen LogP contribution in [0.15, 0.2) is 12.3 Å². The summed E-state index contributed by atoms with van der Waals surface area (Å²) in [6, 6.07) is 2.05. The fraction of sp³-hybridized carbons (Fsp3) is 0.545. The first kappa shape index (κ1) is 8.67. The molecule has 1 radical (unpaired) electrons. The number of nitrogens with zero attached hydrogens (tertiary/aromatic N) is 2. The molecule has 1 aliphatic rings. The van der Waals surface area contributed by atoms with Gasteiger partial charge in [0.1, 0.15) is 0 Å². The Kier molecular flexibility index (Phi) is 2.57. The third kappa shape index (κ3) is 1.87. The maximum absolute atomic E-state index is 4.23. The van der Waals surface area contributed by atoms with Gasteiger partial charge in [-0.1, -0.05) is 12.8 Å². The molecule has 0 aliphatic heterocycles. The van der Waals surface area contributed by atoms with Crippen LogP contribution in [-0.2, 0) is 0 Å². The molecule has 1 aromatic rings. The summed E-state index contributed by atoms with van der Waals surface area (Å²) < 4.78 is 0. The van der Waals surface area contributed by atoms with Crippen LogP contribution in [0.5, 0.6) is 0 Å². The molecule has 0 amide bonds. The van der Waals surface area contributed by atoms with E-state index >= 15 is 0 Å². The third-order valence-corrected chi connectivity index (χ3v) is 2.76. The summed E-state index contributed by atoms with van der Waals surface area (Å²) in [7, 11) is 0. The van der Waals surface area contributed by atoms with E-state index in [1.807, 2.05) is 0 Å². The summed E-state index contributed by atoms with van der Waals surface area (Å²) in [6.45, 7) is 2.12. The minimum atomic E-state index is 0.627. The maximum atomic E-state index is 4.23. The van der Waals surface area contributed by atoms with Gasteiger partial charge in [0.25, 0.3) is 0 Å². The van der Waals surface area contributed by atoms with Gasteiger partial charge in [-0.3, -0.25) is 0 Å². The van der Waals surface area contributed by atoms with Crippen LogP contribution in [0.3, 0.4) is 0 Å². The topological polar surface area (TPSA) is 25.8 Å². The Labute approximate surface area is 79.4 Å². The Morgan fingerprint density at radius 1 is 1.46 bits per heavy atom. The lowest BCUT2D eigenvalue weighted by atomic mass is 9.85. The van der Waals surface area contributed by atoms with Crippen molar-refractivity contribution in [3.63, 3.8) is 0 Å². The maximum Gasteiger partial charge on any atom is 0.0691 e. The zero-order chi connectivity index (χ0) is 9.10. The van der Waals surface area contributed by atoms with E-state index in [-0.39, 0.29) is 0 Å². The third-order valence-electron chi connectivity index (χ3n) is 2.76. The molecule has 0 N–H and O–H groups in total. The zero-order valence-electron chi connectivity index (χ0n) is 8.03. The highest BCUT2D eigenvalue weighted by Crippen LogP contribution is 2.31. The lowest BCUT2D eigenvalue weighted by molar-refractivity contribution is 0.501. The van der Waals surface area contributed by atoms with Gasteiger partial charge in [-0.05, 0) is 37.8 Å². The molecule has 2 nitrogen and oxygen atoms in total. The predicted molar refractivity (Wildman–Crippen MR) is 52.3 cm³/mol. The smallest absolute Gasteiger partial charge is 0.0691 e. The fourth-order valence-electron chi connectivity index (χ4n) is 2.00. The molecule has 0 bridgehead atoms. The molecule has 1 aliphatic carbocycles. The van der Waals surface area contributed by atoms with Crippen molar-refractivity contribution in [3.05, 3.63) is 29.9 Å². The van der Waals surface area contributed by atoms with Gasteiger partial charge in [-0.15, -0.1) is 0 Å². The molecule has 13 heavy (non-hydrogen) atoms. The van der Waals surface area contributed by atoms with E-state index in [4.69, 9.17) is 0 Å². The van der Waals surface area contributed by atoms with E-state index in [0.29, 0.717) is 5.92 Å². The molecule has 0 aromatic carbocycles. The first-order chi connectivity index (χ1) is 6.38. The lowest BCUT2D eigenvalue weighted by Gasteiger charge is -2.21. The number of rotatable bonds is 1. The van der Waals surface area contributed by atoms with Crippen molar-refractivity contribution in [3.8, 4) is 0 Å². The van der Waals surface area contributed by atoms with Crippen LogP contribution >= 0.6 is 0 Å². The van der Waals surface area contributed by atoms with Gasteiger partial charge in [0.05, 0.1) is 5.69 Å². The van der Waals surface area contributed by atoms with Crippen LogP contribution < -0.4 is 0 Å². The number of aryl methyl sites for hydroxylation is 1. The average Bonchev–Trinajstić information content (AvgIpc) is 2.20. The first-order valence-electron chi connectivity index (χ1n) is 4.98. The van der Waals surface area contributed by atoms with Gasteiger partial charge in [0, 0.05) is 12.1 Å². The van der Waals surface area contributed by atoms with Crippen LogP contribution in [0.2, 0.25) is 0 Å². The first-order valence-corrected chi connectivity index (χ1v) is 4.98. The Hall–Kier alpha value is -0.920. The molecule has 0 saturated heterocycles. The quantitative estimate of drug-likeness (QED) is 0.655. The van der Waals surface area contributed by atoms with E-state index in [1.165, 1.54) is 36.9 Å². The molecule has 1 atom stereocenters. The van der Waals surface area contributed by atoms with Crippen LogP contribution in [0.4, 0.5) is 0 Å². The van der Waals surface area contributed by atoms with Crippen molar-refractivity contribution in [2.45, 2.75) is 38.5 Å². The van der Waals surface area contributed by atoms with Crippen molar-refractivity contribution in [1.82, 2.24) is 10.2 Å². The van der Waals surface area contributed by atoms with Crippen molar-refractivity contribution in [2.75, 3.05) is 0 Å². The van der Waals surface area contributed by atoms with E-state index < -0.39 is 0 Å². The second kappa shape index (κ2) is 3.86. The van der Waals surface area contributed by atoms with E-state index in [9.17, 15) is 0 Å². The van der Waals surface area contributed by atoms with Gasteiger partial charge in [-0.25, -0.2) is 0 Å². The highest BCUT2D eigenvalue weighted by Gasteiger charge is 2.18. The van der Waals surface area contributed by atoms with E-state index in [1.54, 1.807) is 6.20 Å². The van der Waals surface area contributed by atoms with Crippen LogP contribution in [-0.4, -0.2) is 10.2 Å². The Morgan fingerprint density at radius 2 is 2.38 bits per heavy atom. The summed E-state index contributed by atoms with van der Waals surface area (Å²) in [6.07, 6.45) is 9.18. The van der Waals surface area contributed by atoms with Crippen LogP contribution in [0.25, 0.3) is 0 Å². The molecule has 2 rings (SSSR count). The van der Waals surface area contributed by atoms with Crippen molar-refractivity contribution in [1.29, 1.82) is 0 Å². The van der Waals surface area contributed by atoms with Gasteiger partial charge >= 0.3 is 0 Å². The number of aromatic nitrogens is 2. The highest BCUT2D eigenvalue weighted by molar-refractivity contribution is 5.20. The molecular weight excluding hydrogens is 160 g/mol. The Balaban J connectivity index is 2.18. The molecular formula is C11H15N2. The molecule has 1 heterocycles. The molecule has 2 heteroatoms. The van der Waals surface area contributed by atoms with Crippen LogP contribution in [0.1, 0.15) is 42.9 Å². The largest absolute Gasteiger partial charge is 0.159 e. The average molecular weight is 175 g/mol. The number of hydrogen-bond donors (Lipinski definition) is 0. The van der Waals surface area contributed by atoms with E-state index in [2.05, 4.69) is 29.6 Å². The second-order valence-corrected chi connectivity index (χ2v) is 3.75. The lowest BCUT2D eigenvalue weighted by Crippen LogP contribution is -2.09. The van der Waals surface area contributed by atoms with E-state index in [0.717, 1.165) is 0 Å². The van der Waals surface area contributed by atoms with Crippen LogP contribution in [0, 0.1) is 13.3 Å². The summed E-state index contributed by atoms with van der Waals surface area (Å²) >= 11 is 0. The minimum Gasteiger partial charge on any atom is -0.159 e. The number of hydrogen-bond acceptors (Lipinski definition) is 2. The van der Waals surface area contributed by atoms with Crippen molar-refractivity contribution >= 4 is 0 Å². The summed E-state index contributed by atoms with van der Waals surface area (Å²) in [4.78, 5) is 0. The SMILES string of the molecule is Cc1ccnnc1C1C[CH]CCC1. The second-order valence-electron chi connectivity index (χ2n) is 3.75. The Morgan fingerprint density at radius 3 is 3.08 bits per heavy atom. The molecule has 1 fully saturated rings. The predicted octanol–water partition coefficient (Wildman–Crippen LogP) is 2.65. The monoisotopic (exact) mass is 175 g/mol. The normalized spacial score (nSPS) is 18.8. The fourth-order valence-corrected chi connectivity index (χ4v) is 2.00. The summed E-state index contributed by atoms with van der Waals surface area (Å²) in [5.74, 6) is 0.627. The molecule has 69 valence electrons. The summed E-state index contributed by atoms with van der Waals surface area (Å²) in [5.41, 5.74) is 2.49. The van der Waals surface area contributed by atoms with Gasteiger partial charge in [0.15, 0.2) is 0 Å². The van der Waals surface area contributed by atoms with Gasteiger partial charge in [-0.2, -0.15) is 10.2 Å². The van der Waals surface area contributed by atoms with Gasteiger partial charge < -0.3 is 0 Å². The molecule has 0 spiro atoms.